The maximum Gasteiger partial charge on any atom is 0.0406 e. The number of hydrogen-bond acceptors (Lipinski definition) is 1. The molecule has 0 aliphatic heterocycles. The van der Waals surface area contributed by atoms with Crippen molar-refractivity contribution in [2.75, 3.05) is 13.1 Å². The average molecular weight is 367 g/mol. The van der Waals surface area contributed by atoms with E-state index in [1.165, 1.54) is 15.6 Å². The molecule has 1 N–H and O–H groups in total. The van der Waals surface area contributed by atoms with Gasteiger partial charge < -0.3 is 5.32 Å². The van der Waals surface area contributed by atoms with Gasteiger partial charge in [0.2, 0.25) is 0 Å². The van der Waals surface area contributed by atoms with E-state index in [1.54, 1.807) is 0 Å². The van der Waals surface area contributed by atoms with Crippen molar-refractivity contribution in [1.29, 1.82) is 0 Å². The van der Waals surface area contributed by atoms with Crippen molar-refractivity contribution in [3.8, 4) is 0 Å². The zero-order chi connectivity index (χ0) is 15.1. The van der Waals surface area contributed by atoms with Crippen molar-refractivity contribution in [2.45, 2.75) is 25.7 Å². The van der Waals surface area contributed by atoms with E-state index in [4.69, 9.17) is 11.6 Å². The molecule has 3 heteroatoms. The third kappa shape index (κ3) is 5.14. The van der Waals surface area contributed by atoms with E-state index < -0.39 is 0 Å². The number of hydrogen-bond donors (Lipinski definition) is 1. The van der Waals surface area contributed by atoms with Crippen LogP contribution in [-0.2, 0) is 6.42 Å². The second kappa shape index (κ2) is 8.57. The maximum atomic E-state index is 5.97. The van der Waals surface area contributed by atoms with Crippen LogP contribution in [0.1, 0.15) is 30.4 Å². The topological polar surface area (TPSA) is 12.0 Å². The molecule has 0 saturated heterocycles. The van der Waals surface area contributed by atoms with Gasteiger partial charge in [-0.3, -0.25) is 0 Å². The summed E-state index contributed by atoms with van der Waals surface area (Å²) < 4.78 is 1.18. The average Bonchev–Trinajstić information content (AvgIpc) is 2.49. The van der Waals surface area contributed by atoms with Gasteiger partial charge in [0.05, 0.1) is 0 Å². The van der Waals surface area contributed by atoms with Crippen molar-refractivity contribution in [1.82, 2.24) is 5.32 Å². The number of rotatable bonds is 7. The Morgan fingerprint density at radius 1 is 1.10 bits per heavy atom. The Bertz CT molecular complexity index is 553. The van der Waals surface area contributed by atoms with E-state index in [2.05, 4.69) is 64.6 Å². The highest BCUT2D eigenvalue weighted by molar-refractivity contribution is 9.10. The molecule has 0 radical (unpaired) electrons. The predicted octanol–water partition coefficient (Wildman–Crippen LogP) is 5.43. The first-order chi connectivity index (χ1) is 10.2. The fraction of sp³-hybridized carbons (Fsp3) is 0.333. The molecule has 0 aliphatic rings. The van der Waals surface area contributed by atoms with Crippen molar-refractivity contribution in [3.05, 3.63) is 69.2 Å². The van der Waals surface area contributed by atoms with E-state index in [1.807, 2.05) is 12.1 Å². The summed E-state index contributed by atoms with van der Waals surface area (Å²) in [6.07, 6.45) is 2.17. The predicted molar refractivity (Wildman–Crippen MR) is 95.2 cm³/mol. The van der Waals surface area contributed by atoms with E-state index >= 15 is 0 Å². The zero-order valence-corrected chi connectivity index (χ0v) is 14.6. The second-order valence-corrected chi connectivity index (χ2v) is 6.54. The summed E-state index contributed by atoms with van der Waals surface area (Å²) in [6.45, 7) is 4.24. The molecule has 0 fully saturated rings. The fourth-order valence-electron chi connectivity index (χ4n) is 2.46. The van der Waals surface area contributed by atoms with E-state index in [9.17, 15) is 0 Å². The number of halogens is 2. The van der Waals surface area contributed by atoms with Crippen LogP contribution in [0.25, 0.3) is 0 Å². The van der Waals surface area contributed by atoms with Crippen LogP contribution in [0, 0.1) is 0 Å². The summed E-state index contributed by atoms with van der Waals surface area (Å²) in [5.41, 5.74) is 2.68. The first kappa shape index (κ1) is 16.5. The second-order valence-electron chi connectivity index (χ2n) is 5.25. The Morgan fingerprint density at radius 3 is 2.48 bits per heavy atom. The summed E-state index contributed by atoms with van der Waals surface area (Å²) in [5, 5.41) is 4.34. The summed E-state index contributed by atoms with van der Waals surface area (Å²) in [6, 6.07) is 16.7. The van der Waals surface area contributed by atoms with Gasteiger partial charge in [-0.25, -0.2) is 0 Å². The highest BCUT2D eigenvalue weighted by Gasteiger charge is 2.14. The summed E-state index contributed by atoms with van der Waals surface area (Å²) in [7, 11) is 0. The molecule has 0 aromatic heterocycles. The van der Waals surface area contributed by atoms with Gasteiger partial charge >= 0.3 is 0 Å². The molecule has 2 aromatic carbocycles. The van der Waals surface area contributed by atoms with Crippen LogP contribution < -0.4 is 5.32 Å². The molecule has 112 valence electrons. The van der Waals surface area contributed by atoms with Gasteiger partial charge in [-0.1, -0.05) is 64.8 Å². The molecule has 0 aliphatic carbocycles. The normalized spacial score (nSPS) is 12.3. The first-order valence-electron chi connectivity index (χ1n) is 7.40. The molecular weight excluding hydrogens is 346 g/mol. The monoisotopic (exact) mass is 365 g/mol. The third-order valence-corrected chi connectivity index (χ3v) is 4.53. The number of benzene rings is 2. The molecule has 0 saturated carbocycles. The van der Waals surface area contributed by atoms with Gasteiger partial charge in [0.15, 0.2) is 0 Å². The van der Waals surface area contributed by atoms with Gasteiger partial charge in [-0.2, -0.15) is 0 Å². The van der Waals surface area contributed by atoms with Crippen LogP contribution in [0.4, 0.5) is 0 Å². The molecule has 0 amide bonds. The van der Waals surface area contributed by atoms with Crippen LogP contribution >= 0.6 is 27.5 Å². The third-order valence-electron chi connectivity index (χ3n) is 3.56. The van der Waals surface area contributed by atoms with E-state index in [0.29, 0.717) is 5.92 Å². The minimum absolute atomic E-state index is 0.452. The Morgan fingerprint density at radius 2 is 1.81 bits per heavy atom. The molecule has 1 atom stereocenters. The molecule has 21 heavy (non-hydrogen) atoms. The maximum absolute atomic E-state index is 5.97. The van der Waals surface area contributed by atoms with E-state index in [0.717, 1.165) is 31.0 Å². The largest absolute Gasteiger partial charge is 0.316 e. The molecule has 0 heterocycles. The highest BCUT2D eigenvalue weighted by atomic mass is 79.9. The molecule has 2 aromatic rings. The molecule has 2 rings (SSSR count). The molecule has 0 spiro atoms. The smallest absolute Gasteiger partial charge is 0.0406 e. The van der Waals surface area contributed by atoms with Gasteiger partial charge in [0.25, 0.3) is 0 Å². The van der Waals surface area contributed by atoms with Crippen LogP contribution in [0.3, 0.4) is 0 Å². The zero-order valence-electron chi connectivity index (χ0n) is 12.3. The molecular formula is C18H21BrClN. The van der Waals surface area contributed by atoms with Gasteiger partial charge in [-0.15, -0.1) is 0 Å². The minimum Gasteiger partial charge on any atom is -0.316 e. The Balaban J connectivity index is 2.15. The van der Waals surface area contributed by atoms with Gasteiger partial charge in [0, 0.05) is 22.0 Å². The minimum atomic E-state index is 0.452. The quantitative estimate of drug-likeness (QED) is 0.644. The van der Waals surface area contributed by atoms with Crippen LogP contribution in [0.5, 0.6) is 0 Å². The van der Waals surface area contributed by atoms with Gasteiger partial charge in [-0.05, 0) is 48.7 Å². The fourth-order valence-corrected chi connectivity index (χ4v) is 3.19. The Labute approximate surface area is 140 Å². The van der Waals surface area contributed by atoms with Crippen molar-refractivity contribution in [3.63, 3.8) is 0 Å². The summed E-state index contributed by atoms with van der Waals surface area (Å²) in [5.74, 6) is 0.452. The van der Waals surface area contributed by atoms with Crippen LogP contribution in [0.2, 0.25) is 5.02 Å². The lowest BCUT2D eigenvalue weighted by Gasteiger charge is -2.20. The van der Waals surface area contributed by atoms with Crippen molar-refractivity contribution in [2.24, 2.45) is 0 Å². The van der Waals surface area contributed by atoms with Crippen LogP contribution in [-0.4, -0.2) is 13.1 Å². The van der Waals surface area contributed by atoms with E-state index in [-0.39, 0.29) is 0 Å². The standard InChI is InChI=1S/C18H21BrClN/c1-2-11-21-13-15(17-5-3-4-6-18(17)19)12-14-7-9-16(20)10-8-14/h3-10,15,21H,2,11-13H2,1H3. The van der Waals surface area contributed by atoms with Crippen molar-refractivity contribution >= 4 is 27.5 Å². The first-order valence-corrected chi connectivity index (χ1v) is 8.57. The SMILES string of the molecule is CCCNCC(Cc1ccc(Cl)cc1)c1ccccc1Br. The highest BCUT2D eigenvalue weighted by Crippen LogP contribution is 2.27. The lowest BCUT2D eigenvalue weighted by atomic mass is 9.92. The lowest BCUT2D eigenvalue weighted by Crippen LogP contribution is -2.24. The number of nitrogens with one attached hydrogen (secondary N) is 1. The molecule has 0 bridgehead atoms. The molecule has 1 unspecified atom stereocenters. The van der Waals surface area contributed by atoms with Crippen LogP contribution in [0.15, 0.2) is 53.0 Å². The van der Waals surface area contributed by atoms with Gasteiger partial charge in [0.1, 0.15) is 0 Å². The summed E-state index contributed by atoms with van der Waals surface area (Å²) in [4.78, 5) is 0. The van der Waals surface area contributed by atoms with Crippen molar-refractivity contribution < 1.29 is 0 Å². The Kier molecular flexibility index (Phi) is 6.75. The summed E-state index contributed by atoms with van der Waals surface area (Å²) >= 11 is 9.65. The Hall–Kier alpha value is -0.830. The lowest BCUT2D eigenvalue weighted by molar-refractivity contribution is 0.575. The molecule has 1 nitrogen and oxygen atoms in total.